The highest BCUT2D eigenvalue weighted by Gasteiger charge is 2.58. The maximum Gasteiger partial charge on any atom is 0.252 e. The molecule has 0 aromatic heterocycles. The standard InChI is InChI=1S/C21H34N2O2S/c1-15(2)23(16(3)4)19(24)21(18-13-14-18,17-11-9-8-10-12-17)22-26(25)20(5,6)7/h8-12,15-16,18,22H,13-14H2,1-7H3/t21-,26-/m0/s1. The molecule has 1 aromatic rings. The molecule has 1 fully saturated rings. The smallest absolute Gasteiger partial charge is 0.252 e. The van der Waals surface area contributed by atoms with Crippen molar-refractivity contribution in [1.82, 2.24) is 9.62 Å². The van der Waals surface area contributed by atoms with Gasteiger partial charge in [-0.3, -0.25) is 4.79 Å². The first-order valence-electron chi connectivity index (χ1n) is 9.59. The van der Waals surface area contributed by atoms with Crippen molar-refractivity contribution in [3.05, 3.63) is 35.9 Å². The van der Waals surface area contributed by atoms with Crippen LogP contribution in [0.25, 0.3) is 0 Å². The van der Waals surface area contributed by atoms with Crippen LogP contribution in [0.1, 0.15) is 66.9 Å². The number of carbonyl (C=O) groups is 1. The van der Waals surface area contributed by atoms with Crippen LogP contribution in [0.3, 0.4) is 0 Å². The Morgan fingerprint density at radius 2 is 1.62 bits per heavy atom. The number of nitrogens with zero attached hydrogens (tertiary/aromatic N) is 1. The predicted molar refractivity (Wildman–Crippen MR) is 109 cm³/mol. The molecule has 4 nitrogen and oxygen atoms in total. The Morgan fingerprint density at radius 3 is 2.00 bits per heavy atom. The van der Waals surface area contributed by atoms with E-state index in [2.05, 4.69) is 4.72 Å². The lowest BCUT2D eigenvalue weighted by Crippen LogP contribution is -2.63. The zero-order chi connectivity index (χ0) is 19.7. The molecule has 0 unspecified atom stereocenters. The van der Waals surface area contributed by atoms with Crippen molar-refractivity contribution in [2.75, 3.05) is 0 Å². The van der Waals surface area contributed by atoms with Crippen molar-refractivity contribution in [2.45, 2.75) is 83.7 Å². The SMILES string of the molecule is CC(C)N(C(=O)[C@](N[S@@+]([O-])C(C)(C)C)(c1ccccc1)C1CC1)C(C)C. The lowest BCUT2D eigenvalue weighted by atomic mass is 9.83. The fourth-order valence-electron chi connectivity index (χ4n) is 3.51. The molecule has 0 aliphatic heterocycles. The summed E-state index contributed by atoms with van der Waals surface area (Å²) in [6, 6.07) is 10.00. The average molecular weight is 379 g/mol. The third-order valence-electron chi connectivity index (χ3n) is 4.91. The number of rotatable bonds is 7. The maximum atomic E-state index is 13.9. The van der Waals surface area contributed by atoms with Crippen molar-refractivity contribution < 1.29 is 9.35 Å². The molecule has 26 heavy (non-hydrogen) atoms. The zero-order valence-corrected chi connectivity index (χ0v) is 18.0. The Balaban J connectivity index is 2.58. The van der Waals surface area contributed by atoms with Crippen molar-refractivity contribution >= 4 is 17.3 Å². The fourth-order valence-corrected chi connectivity index (χ4v) is 4.48. The minimum absolute atomic E-state index is 0.0359. The molecule has 0 bridgehead atoms. The lowest BCUT2D eigenvalue weighted by molar-refractivity contribution is -0.143. The lowest BCUT2D eigenvalue weighted by Gasteiger charge is -2.42. The molecule has 2 rings (SSSR count). The topological polar surface area (TPSA) is 55.4 Å². The Bertz CT molecular complexity index is 600. The predicted octanol–water partition coefficient (Wildman–Crippen LogP) is 3.99. The van der Waals surface area contributed by atoms with Gasteiger partial charge in [0.05, 0.1) is 0 Å². The third-order valence-corrected chi connectivity index (χ3v) is 6.53. The second kappa shape index (κ2) is 7.91. The second-order valence-corrected chi connectivity index (χ2v) is 10.8. The summed E-state index contributed by atoms with van der Waals surface area (Å²) in [5.41, 5.74) is -0.0232. The molecule has 1 aromatic carbocycles. The molecule has 1 N–H and O–H groups in total. The van der Waals surface area contributed by atoms with Crippen LogP contribution in [0.15, 0.2) is 30.3 Å². The number of amides is 1. The second-order valence-electron chi connectivity index (χ2n) is 8.83. The quantitative estimate of drug-likeness (QED) is 0.730. The van der Waals surface area contributed by atoms with Crippen molar-refractivity contribution in [3.8, 4) is 0 Å². The van der Waals surface area contributed by atoms with E-state index in [1.165, 1.54) is 0 Å². The van der Waals surface area contributed by atoms with E-state index in [9.17, 15) is 9.35 Å². The molecule has 1 aliphatic carbocycles. The summed E-state index contributed by atoms with van der Waals surface area (Å²) in [5, 5.41) is 0. The van der Waals surface area contributed by atoms with Crippen molar-refractivity contribution in [3.63, 3.8) is 0 Å². The van der Waals surface area contributed by atoms with Crippen LogP contribution < -0.4 is 4.72 Å². The molecular formula is C21H34N2O2S. The van der Waals surface area contributed by atoms with Crippen LogP contribution in [0.2, 0.25) is 0 Å². The van der Waals surface area contributed by atoms with Crippen LogP contribution in [0, 0.1) is 5.92 Å². The van der Waals surface area contributed by atoms with E-state index in [1.807, 2.05) is 83.7 Å². The van der Waals surface area contributed by atoms with Gasteiger partial charge in [0.25, 0.3) is 5.91 Å². The molecule has 0 radical (unpaired) electrons. The Kier molecular flexibility index (Phi) is 6.47. The van der Waals surface area contributed by atoms with Crippen molar-refractivity contribution in [1.29, 1.82) is 0 Å². The molecule has 2 atom stereocenters. The van der Waals surface area contributed by atoms with Gasteiger partial charge in [-0.05, 0) is 72.8 Å². The van der Waals surface area contributed by atoms with Gasteiger partial charge in [0.2, 0.25) is 0 Å². The van der Waals surface area contributed by atoms with Gasteiger partial charge in [0, 0.05) is 23.4 Å². The first kappa shape index (κ1) is 21.3. The summed E-state index contributed by atoms with van der Waals surface area (Å²) in [7, 11) is 0. The van der Waals surface area contributed by atoms with Gasteiger partial charge in [0.1, 0.15) is 4.75 Å². The minimum Gasteiger partial charge on any atom is -0.598 e. The van der Waals surface area contributed by atoms with E-state index in [4.69, 9.17) is 0 Å². The average Bonchev–Trinajstić information content (AvgIpc) is 3.36. The van der Waals surface area contributed by atoms with Crippen LogP contribution in [-0.2, 0) is 21.7 Å². The minimum atomic E-state index is -1.35. The van der Waals surface area contributed by atoms with E-state index in [-0.39, 0.29) is 23.9 Å². The summed E-state index contributed by atoms with van der Waals surface area (Å²) in [4.78, 5) is 15.9. The number of benzene rings is 1. The largest absolute Gasteiger partial charge is 0.598 e. The summed E-state index contributed by atoms with van der Waals surface area (Å²) in [6.45, 7) is 14.0. The summed E-state index contributed by atoms with van der Waals surface area (Å²) in [5.74, 6) is 0.206. The molecule has 1 aliphatic rings. The monoisotopic (exact) mass is 378 g/mol. The highest BCUT2D eigenvalue weighted by molar-refractivity contribution is 7.90. The zero-order valence-electron chi connectivity index (χ0n) is 17.2. The van der Waals surface area contributed by atoms with E-state index in [0.29, 0.717) is 0 Å². The highest BCUT2D eigenvalue weighted by Crippen LogP contribution is 2.48. The number of hydrogen-bond acceptors (Lipinski definition) is 3. The van der Waals surface area contributed by atoms with Crippen LogP contribution in [0.4, 0.5) is 0 Å². The summed E-state index contributed by atoms with van der Waals surface area (Å²) < 4.78 is 16.0. The normalized spacial score (nSPS) is 18.7. The van der Waals surface area contributed by atoms with Crippen LogP contribution in [-0.4, -0.2) is 32.2 Å². The maximum absolute atomic E-state index is 13.9. The molecule has 1 saturated carbocycles. The van der Waals surface area contributed by atoms with E-state index < -0.39 is 21.6 Å². The Morgan fingerprint density at radius 1 is 1.12 bits per heavy atom. The van der Waals surface area contributed by atoms with Crippen LogP contribution in [0.5, 0.6) is 0 Å². The van der Waals surface area contributed by atoms with Gasteiger partial charge in [-0.25, -0.2) is 0 Å². The molecule has 0 spiro atoms. The Labute approximate surface area is 162 Å². The first-order valence-corrected chi connectivity index (χ1v) is 10.7. The highest BCUT2D eigenvalue weighted by atomic mass is 32.2. The molecule has 146 valence electrons. The summed E-state index contributed by atoms with van der Waals surface area (Å²) in [6.07, 6.45) is 1.94. The van der Waals surface area contributed by atoms with E-state index >= 15 is 0 Å². The van der Waals surface area contributed by atoms with Gasteiger partial charge in [-0.1, -0.05) is 30.3 Å². The molecule has 1 amide bonds. The fraction of sp³-hybridized carbons (Fsp3) is 0.667. The third kappa shape index (κ3) is 4.26. The van der Waals surface area contributed by atoms with Crippen LogP contribution >= 0.6 is 0 Å². The van der Waals surface area contributed by atoms with E-state index in [0.717, 1.165) is 18.4 Å². The first-order chi connectivity index (χ1) is 12.0. The Hall–Kier alpha value is -1.04. The number of carbonyl (C=O) groups excluding carboxylic acids is 1. The molecule has 0 heterocycles. The number of hydrogen-bond donors (Lipinski definition) is 1. The molecule has 0 saturated heterocycles. The van der Waals surface area contributed by atoms with Gasteiger partial charge in [-0.2, -0.15) is 0 Å². The van der Waals surface area contributed by atoms with Gasteiger partial charge < -0.3 is 9.45 Å². The number of nitrogens with one attached hydrogen (secondary N) is 1. The van der Waals surface area contributed by atoms with Gasteiger partial charge in [0.15, 0.2) is 5.54 Å². The van der Waals surface area contributed by atoms with Crippen molar-refractivity contribution in [2.24, 2.45) is 5.92 Å². The van der Waals surface area contributed by atoms with E-state index in [1.54, 1.807) is 0 Å². The van der Waals surface area contributed by atoms with Gasteiger partial charge in [-0.15, -0.1) is 4.72 Å². The summed E-state index contributed by atoms with van der Waals surface area (Å²) >= 11 is -1.35. The van der Waals surface area contributed by atoms with Gasteiger partial charge >= 0.3 is 0 Å². The molecule has 5 heteroatoms. The molecular weight excluding hydrogens is 344 g/mol.